The molecule has 3 rings (SSSR count). The molecule has 0 radical (unpaired) electrons. The number of hydrogen-bond acceptors (Lipinski definition) is 3. The molecule has 0 bridgehead atoms. The molecule has 1 aromatic heterocycles. The second-order valence-corrected chi connectivity index (χ2v) is 6.63. The van der Waals surface area contributed by atoms with Crippen molar-refractivity contribution >= 4 is 5.91 Å². The summed E-state index contributed by atoms with van der Waals surface area (Å²) in [6, 6.07) is 9.29. The van der Waals surface area contributed by atoms with Crippen LogP contribution in [0.25, 0.3) is 0 Å². The van der Waals surface area contributed by atoms with Crippen LogP contribution in [0.2, 0.25) is 0 Å². The SMILES string of the molecule is Cc1ccccc1Cn1ccc(=O)n(CC(=O)NC2CCCC2)c1=O. The van der Waals surface area contributed by atoms with E-state index >= 15 is 0 Å². The van der Waals surface area contributed by atoms with Crippen molar-refractivity contribution in [2.24, 2.45) is 0 Å². The van der Waals surface area contributed by atoms with Gasteiger partial charge in [0.05, 0.1) is 6.54 Å². The summed E-state index contributed by atoms with van der Waals surface area (Å²) >= 11 is 0. The fraction of sp³-hybridized carbons (Fsp3) is 0.421. The third-order valence-electron chi connectivity index (χ3n) is 4.76. The van der Waals surface area contributed by atoms with Crippen LogP contribution in [-0.4, -0.2) is 21.1 Å². The van der Waals surface area contributed by atoms with Crippen LogP contribution in [-0.2, 0) is 17.9 Å². The molecule has 25 heavy (non-hydrogen) atoms. The van der Waals surface area contributed by atoms with E-state index in [0.717, 1.165) is 41.4 Å². The summed E-state index contributed by atoms with van der Waals surface area (Å²) in [7, 11) is 0. The standard InChI is InChI=1S/C19H23N3O3/c1-14-6-2-3-7-15(14)12-21-11-10-18(24)22(19(21)25)13-17(23)20-16-8-4-5-9-16/h2-3,6-7,10-11,16H,4-5,8-9,12-13H2,1H3,(H,20,23). The van der Waals surface area contributed by atoms with Gasteiger partial charge in [0.15, 0.2) is 0 Å². The molecule has 1 amide bonds. The molecule has 1 fully saturated rings. The molecule has 1 heterocycles. The van der Waals surface area contributed by atoms with Crippen molar-refractivity contribution in [2.45, 2.75) is 51.7 Å². The van der Waals surface area contributed by atoms with Crippen LogP contribution in [0.5, 0.6) is 0 Å². The van der Waals surface area contributed by atoms with Gasteiger partial charge in [-0.2, -0.15) is 0 Å². The summed E-state index contributed by atoms with van der Waals surface area (Å²) in [5.41, 5.74) is 1.17. The Hall–Kier alpha value is -2.63. The molecule has 0 aliphatic heterocycles. The van der Waals surface area contributed by atoms with E-state index in [-0.39, 0.29) is 18.5 Å². The van der Waals surface area contributed by atoms with E-state index in [0.29, 0.717) is 6.54 Å². The van der Waals surface area contributed by atoms with Gasteiger partial charge < -0.3 is 5.32 Å². The van der Waals surface area contributed by atoms with Gasteiger partial charge in [-0.15, -0.1) is 0 Å². The van der Waals surface area contributed by atoms with E-state index in [2.05, 4.69) is 5.32 Å². The van der Waals surface area contributed by atoms with Crippen LogP contribution in [0, 0.1) is 6.92 Å². The van der Waals surface area contributed by atoms with E-state index in [1.54, 1.807) is 0 Å². The highest BCUT2D eigenvalue weighted by Crippen LogP contribution is 2.17. The minimum absolute atomic E-state index is 0.168. The van der Waals surface area contributed by atoms with Crippen LogP contribution in [0.15, 0.2) is 46.1 Å². The smallest absolute Gasteiger partial charge is 0.331 e. The first-order valence-corrected chi connectivity index (χ1v) is 8.69. The monoisotopic (exact) mass is 341 g/mol. The van der Waals surface area contributed by atoms with Gasteiger partial charge in [0.2, 0.25) is 5.91 Å². The Morgan fingerprint density at radius 2 is 1.88 bits per heavy atom. The third-order valence-corrected chi connectivity index (χ3v) is 4.76. The molecule has 1 aliphatic rings. The van der Waals surface area contributed by atoms with Crippen molar-refractivity contribution in [2.75, 3.05) is 0 Å². The highest BCUT2D eigenvalue weighted by atomic mass is 16.2. The fourth-order valence-corrected chi connectivity index (χ4v) is 3.28. The minimum Gasteiger partial charge on any atom is -0.352 e. The molecule has 1 N–H and O–H groups in total. The van der Waals surface area contributed by atoms with Crippen LogP contribution in [0.1, 0.15) is 36.8 Å². The average molecular weight is 341 g/mol. The van der Waals surface area contributed by atoms with Crippen molar-refractivity contribution < 1.29 is 4.79 Å². The molecule has 6 nitrogen and oxygen atoms in total. The van der Waals surface area contributed by atoms with Crippen molar-refractivity contribution in [3.63, 3.8) is 0 Å². The van der Waals surface area contributed by atoms with Crippen molar-refractivity contribution in [3.05, 3.63) is 68.5 Å². The summed E-state index contributed by atoms with van der Waals surface area (Å²) in [5.74, 6) is -0.278. The first-order chi connectivity index (χ1) is 12.0. The quantitative estimate of drug-likeness (QED) is 0.894. The lowest BCUT2D eigenvalue weighted by atomic mass is 10.1. The van der Waals surface area contributed by atoms with Gasteiger partial charge in [0.1, 0.15) is 6.54 Å². The minimum atomic E-state index is -0.461. The topological polar surface area (TPSA) is 73.1 Å². The first-order valence-electron chi connectivity index (χ1n) is 8.69. The van der Waals surface area contributed by atoms with Crippen molar-refractivity contribution in [1.82, 2.24) is 14.5 Å². The van der Waals surface area contributed by atoms with Crippen molar-refractivity contribution in [3.8, 4) is 0 Å². The lowest BCUT2D eigenvalue weighted by molar-refractivity contribution is -0.122. The molecule has 1 saturated carbocycles. The maximum absolute atomic E-state index is 12.6. The second-order valence-electron chi connectivity index (χ2n) is 6.63. The number of nitrogens with one attached hydrogen (secondary N) is 1. The summed E-state index contributed by atoms with van der Waals surface area (Å²) in [5, 5.41) is 2.91. The molecule has 0 atom stereocenters. The molecule has 0 saturated heterocycles. The van der Waals surface area contributed by atoms with Gasteiger partial charge >= 0.3 is 5.69 Å². The average Bonchev–Trinajstić information content (AvgIpc) is 3.09. The maximum Gasteiger partial charge on any atom is 0.331 e. The number of carbonyl (C=O) groups is 1. The number of amides is 1. The Labute approximate surface area is 146 Å². The number of carbonyl (C=O) groups excluding carboxylic acids is 1. The Morgan fingerprint density at radius 1 is 1.16 bits per heavy atom. The molecule has 0 unspecified atom stereocenters. The molecule has 132 valence electrons. The number of benzene rings is 1. The molecule has 1 aliphatic carbocycles. The third kappa shape index (κ3) is 4.07. The molecular formula is C19H23N3O3. The van der Waals surface area contributed by atoms with E-state index < -0.39 is 11.2 Å². The lowest BCUT2D eigenvalue weighted by Crippen LogP contribution is -2.44. The molecule has 6 heteroatoms. The van der Waals surface area contributed by atoms with Gasteiger partial charge in [-0.05, 0) is 30.9 Å². The van der Waals surface area contributed by atoms with Crippen LogP contribution < -0.4 is 16.6 Å². The summed E-state index contributed by atoms with van der Waals surface area (Å²) < 4.78 is 2.47. The van der Waals surface area contributed by atoms with E-state index in [1.807, 2.05) is 31.2 Å². The Balaban J connectivity index is 1.80. The molecular weight excluding hydrogens is 318 g/mol. The highest BCUT2D eigenvalue weighted by molar-refractivity contribution is 5.76. The summed E-state index contributed by atoms with van der Waals surface area (Å²) in [6.45, 7) is 2.12. The van der Waals surface area contributed by atoms with Crippen molar-refractivity contribution in [1.29, 1.82) is 0 Å². The molecule has 2 aromatic rings. The van der Waals surface area contributed by atoms with Crippen LogP contribution in [0.4, 0.5) is 0 Å². The second kappa shape index (κ2) is 7.51. The van der Waals surface area contributed by atoms with Gasteiger partial charge in [0.25, 0.3) is 5.56 Å². The maximum atomic E-state index is 12.6. The lowest BCUT2D eigenvalue weighted by Gasteiger charge is -2.14. The first kappa shape index (κ1) is 17.2. The van der Waals surface area contributed by atoms with Gasteiger partial charge in [-0.1, -0.05) is 37.1 Å². The summed E-state index contributed by atoms with van der Waals surface area (Å²) in [4.78, 5) is 36.9. The van der Waals surface area contributed by atoms with E-state index in [4.69, 9.17) is 0 Å². The number of aryl methyl sites for hydroxylation is 1. The van der Waals surface area contributed by atoms with Crippen LogP contribution in [0.3, 0.4) is 0 Å². The zero-order valence-electron chi connectivity index (χ0n) is 14.4. The number of rotatable bonds is 5. The Morgan fingerprint density at radius 3 is 2.60 bits per heavy atom. The summed E-state index contributed by atoms with van der Waals surface area (Å²) in [6.07, 6.45) is 5.64. The Bertz CT molecular complexity index is 876. The molecule has 1 aromatic carbocycles. The number of nitrogens with zero attached hydrogens (tertiary/aromatic N) is 2. The number of hydrogen-bond donors (Lipinski definition) is 1. The van der Waals surface area contributed by atoms with E-state index in [1.165, 1.54) is 16.8 Å². The predicted molar refractivity (Wildman–Crippen MR) is 95.6 cm³/mol. The number of aromatic nitrogens is 2. The zero-order valence-corrected chi connectivity index (χ0v) is 14.4. The van der Waals surface area contributed by atoms with Gasteiger partial charge in [-0.3, -0.25) is 18.7 Å². The fourth-order valence-electron chi connectivity index (χ4n) is 3.28. The van der Waals surface area contributed by atoms with Gasteiger partial charge in [0, 0.05) is 18.3 Å². The van der Waals surface area contributed by atoms with E-state index in [9.17, 15) is 14.4 Å². The normalized spacial score (nSPS) is 14.6. The zero-order chi connectivity index (χ0) is 17.8. The highest BCUT2D eigenvalue weighted by Gasteiger charge is 2.18. The van der Waals surface area contributed by atoms with Crippen LogP contribution >= 0.6 is 0 Å². The predicted octanol–water partition coefficient (Wildman–Crippen LogP) is 1.43. The Kier molecular flexibility index (Phi) is 5.16. The van der Waals surface area contributed by atoms with Gasteiger partial charge in [-0.25, -0.2) is 4.79 Å². The molecule has 0 spiro atoms. The largest absolute Gasteiger partial charge is 0.352 e.